The molecule has 0 amide bonds. The van der Waals surface area contributed by atoms with Gasteiger partial charge in [-0.3, -0.25) is 0 Å². The first-order valence-electron chi connectivity index (χ1n) is 4.03. The van der Waals surface area contributed by atoms with Crippen LogP contribution in [0.1, 0.15) is 5.56 Å². The summed E-state index contributed by atoms with van der Waals surface area (Å²) in [6, 6.07) is 7.00. The van der Waals surface area contributed by atoms with E-state index in [9.17, 15) is 4.79 Å². The van der Waals surface area contributed by atoms with Crippen LogP contribution in [0.2, 0.25) is 0 Å². The van der Waals surface area contributed by atoms with Crippen LogP contribution in [0.3, 0.4) is 0 Å². The van der Waals surface area contributed by atoms with E-state index in [-0.39, 0.29) is 5.63 Å². The molecule has 0 atom stereocenters. The van der Waals surface area contributed by atoms with E-state index in [0.29, 0.717) is 17.9 Å². The van der Waals surface area contributed by atoms with Gasteiger partial charge < -0.3 is 9.15 Å². The van der Waals surface area contributed by atoms with Crippen molar-refractivity contribution in [3.05, 3.63) is 40.2 Å². The summed E-state index contributed by atoms with van der Waals surface area (Å²) >= 11 is 0. The lowest BCUT2D eigenvalue weighted by molar-refractivity contribution is 0.325. The number of rotatable bonds is 0. The molecule has 0 radical (unpaired) electrons. The minimum absolute atomic E-state index is 0.360. The van der Waals surface area contributed by atoms with Crippen LogP contribution in [0.15, 0.2) is 33.5 Å². The first-order chi connectivity index (χ1) is 6.34. The maximum atomic E-state index is 11.0. The van der Waals surface area contributed by atoms with Gasteiger partial charge in [0.15, 0.2) is 0 Å². The fourth-order valence-electron chi connectivity index (χ4n) is 1.65. The van der Waals surface area contributed by atoms with Gasteiger partial charge in [0, 0.05) is 5.56 Å². The highest BCUT2D eigenvalue weighted by Crippen LogP contribution is 2.33. The molecule has 0 saturated carbocycles. The van der Waals surface area contributed by atoms with Crippen LogP contribution in [0, 0.1) is 0 Å². The van der Waals surface area contributed by atoms with Crippen molar-refractivity contribution in [1.29, 1.82) is 0 Å². The Labute approximate surface area is 73.6 Å². The maximum absolute atomic E-state index is 11.0. The number of hydrogen-bond acceptors (Lipinski definition) is 3. The second kappa shape index (κ2) is 2.13. The van der Waals surface area contributed by atoms with Crippen molar-refractivity contribution in [1.82, 2.24) is 0 Å². The van der Waals surface area contributed by atoms with Gasteiger partial charge in [0.25, 0.3) is 0 Å². The van der Waals surface area contributed by atoms with E-state index in [2.05, 4.69) is 0 Å². The molecule has 3 heteroatoms. The predicted octanol–water partition coefficient (Wildman–Crippen LogP) is 1.69. The summed E-state index contributed by atoms with van der Waals surface area (Å²) in [5.41, 5.74) is 1.33. The summed E-state index contributed by atoms with van der Waals surface area (Å²) in [4.78, 5) is 11.0. The lowest BCUT2D eigenvalue weighted by Gasteiger charge is -1.95. The molecule has 2 heterocycles. The molecular formula is C10H6O3. The highest BCUT2D eigenvalue weighted by molar-refractivity contribution is 5.88. The Morgan fingerprint density at radius 2 is 2.23 bits per heavy atom. The smallest absolute Gasteiger partial charge is 0.339 e. The number of ether oxygens (including phenoxy) is 1. The van der Waals surface area contributed by atoms with Crippen LogP contribution in [-0.2, 0) is 6.61 Å². The van der Waals surface area contributed by atoms with E-state index < -0.39 is 0 Å². The van der Waals surface area contributed by atoms with Gasteiger partial charge in [-0.1, -0.05) is 12.1 Å². The molecule has 2 aromatic rings. The lowest BCUT2D eigenvalue weighted by atomic mass is 10.1. The van der Waals surface area contributed by atoms with Gasteiger partial charge in [-0.15, -0.1) is 0 Å². The van der Waals surface area contributed by atoms with Crippen molar-refractivity contribution >= 4 is 11.0 Å². The summed E-state index contributed by atoms with van der Waals surface area (Å²) in [7, 11) is 0. The topological polar surface area (TPSA) is 39.4 Å². The molecule has 0 fully saturated rings. The molecule has 64 valence electrons. The van der Waals surface area contributed by atoms with Crippen LogP contribution < -0.4 is 10.4 Å². The molecule has 0 bridgehead atoms. The quantitative estimate of drug-likeness (QED) is 0.570. The van der Waals surface area contributed by atoms with Crippen LogP contribution >= 0.6 is 0 Å². The molecule has 0 saturated heterocycles. The third-order valence-electron chi connectivity index (χ3n) is 2.20. The Hall–Kier alpha value is -1.77. The van der Waals surface area contributed by atoms with E-state index in [1.54, 1.807) is 6.07 Å². The van der Waals surface area contributed by atoms with Gasteiger partial charge in [0.05, 0.1) is 11.5 Å². The first-order valence-corrected chi connectivity index (χ1v) is 4.03. The number of benzene rings is 1. The summed E-state index contributed by atoms with van der Waals surface area (Å²) in [5, 5.41) is 0.933. The maximum Gasteiger partial charge on any atom is 0.339 e. The van der Waals surface area contributed by atoms with Crippen molar-refractivity contribution in [2.75, 3.05) is 0 Å². The summed E-state index contributed by atoms with van der Waals surface area (Å²) in [5.74, 6) is 0.641. The molecule has 3 rings (SSSR count). The van der Waals surface area contributed by atoms with Gasteiger partial charge in [0.2, 0.25) is 0 Å². The summed E-state index contributed by atoms with van der Waals surface area (Å²) < 4.78 is 10.4. The van der Waals surface area contributed by atoms with E-state index in [0.717, 1.165) is 10.9 Å². The zero-order valence-electron chi connectivity index (χ0n) is 6.74. The highest BCUT2D eigenvalue weighted by Gasteiger charge is 2.16. The minimum atomic E-state index is -0.360. The molecular weight excluding hydrogens is 168 g/mol. The van der Waals surface area contributed by atoms with Crippen molar-refractivity contribution in [2.24, 2.45) is 0 Å². The molecule has 0 aliphatic carbocycles. The van der Waals surface area contributed by atoms with E-state index in [4.69, 9.17) is 9.15 Å². The van der Waals surface area contributed by atoms with Crippen molar-refractivity contribution in [3.63, 3.8) is 0 Å². The molecule has 1 aromatic carbocycles. The van der Waals surface area contributed by atoms with Crippen LogP contribution in [0.4, 0.5) is 0 Å². The Kier molecular flexibility index (Phi) is 1.10. The van der Waals surface area contributed by atoms with Gasteiger partial charge in [-0.25, -0.2) is 4.79 Å². The second-order valence-electron chi connectivity index (χ2n) is 3.01. The zero-order valence-corrected chi connectivity index (χ0v) is 6.74. The predicted molar refractivity (Wildman–Crippen MR) is 46.8 cm³/mol. The average molecular weight is 174 g/mol. The molecule has 0 unspecified atom stereocenters. The van der Waals surface area contributed by atoms with Crippen LogP contribution in [0.25, 0.3) is 11.0 Å². The second-order valence-corrected chi connectivity index (χ2v) is 3.01. The van der Waals surface area contributed by atoms with Gasteiger partial charge in [0.1, 0.15) is 17.9 Å². The van der Waals surface area contributed by atoms with Gasteiger partial charge in [-0.2, -0.15) is 0 Å². The molecule has 13 heavy (non-hydrogen) atoms. The fraction of sp³-hybridized carbons (Fsp3) is 0.100. The zero-order chi connectivity index (χ0) is 8.84. The van der Waals surface area contributed by atoms with Crippen LogP contribution in [0.5, 0.6) is 5.75 Å². The molecule has 1 aliphatic heterocycles. The largest absolute Gasteiger partial charge is 0.488 e. The third-order valence-corrected chi connectivity index (χ3v) is 2.20. The Morgan fingerprint density at radius 3 is 3.15 bits per heavy atom. The molecule has 3 nitrogen and oxygen atoms in total. The Morgan fingerprint density at radius 1 is 1.31 bits per heavy atom. The Balaban J connectivity index is 2.61. The first kappa shape index (κ1) is 6.71. The molecule has 1 aromatic heterocycles. The highest BCUT2D eigenvalue weighted by atomic mass is 16.5. The van der Waals surface area contributed by atoms with E-state index in [1.807, 2.05) is 12.1 Å². The van der Waals surface area contributed by atoms with E-state index in [1.165, 1.54) is 6.07 Å². The van der Waals surface area contributed by atoms with Crippen molar-refractivity contribution in [2.45, 2.75) is 6.61 Å². The minimum Gasteiger partial charge on any atom is -0.488 e. The fourth-order valence-corrected chi connectivity index (χ4v) is 1.65. The normalized spacial score (nSPS) is 13.2. The van der Waals surface area contributed by atoms with Gasteiger partial charge in [-0.05, 0) is 6.07 Å². The summed E-state index contributed by atoms with van der Waals surface area (Å²) in [6.45, 7) is 0.533. The van der Waals surface area contributed by atoms with Crippen molar-refractivity contribution in [3.8, 4) is 5.75 Å². The van der Waals surface area contributed by atoms with Gasteiger partial charge >= 0.3 is 5.63 Å². The standard InChI is InChI=1S/C10H6O3/c11-9-4-8-10-6(5-12-8)2-1-3-7(10)13-9/h1-4H,5H2. The van der Waals surface area contributed by atoms with Crippen molar-refractivity contribution < 1.29 is 9.15 Å². The molecule has 0 N–H and O–H groups in total. The van der Waals surface area contributed by atoms with Crippen LogP contribution in [-0.4, -0.2) is 0 Å². The average Bonchev–Trinajstić information content (AvgIpc) is 2.50. The SMILES string of the molecule is O=c1cc2c3c(cccc3o1)CO2. The Bertz CT molecular complexity index is 539. The number of hydrogen-bond donors (Lipinski definition) is 0. The molecule has 1 aliphatic rings. The van der Waals surface area contributed by atoms with E-state index >= 15 is 0 Å². The third kappa shape index (κ3) is 0.811. The summed E-state index contributed by atoms with van der Waals surface area (Å²) in [6.07, 6.45) is 0. The molecule has 0 spiro atoms. The lowest BCUT2D eigenvalue weighted by Crippen LogP contribution is -1.95. The monoisotopic (exact) mass is 174 g/mol.